The summed E-state index contributed by atoms with van der Waals surface area (Å²) in [5.74, 6) is 3.25. The van der Waals surface area contributed by atoms with Gasteiger partial charge in [-0.2, -0.15) is 0 Å². The summed E-state index contributed by atoms with van der Waals surface area (Å²) in [6.07, 6.45) is 12.2. The lowest BCUT2D eigenvalue weighted by atomic mass is 9.48. The van der Waals surface area contributed by atoms with E-state index in [2.05, 4.69) is 24.2 Å². The molecule has 1 unspecified atom stereocenters. The molecule has 2 heteroatoms. The fourth-order valence-electron chi connectivity index (χ4n) is 6.08. The molecular weight excluding hydrogens is 244 g/mol. The van der Waals surface area contributed by atoms with Gasteiger partial charge >= 0.3 is 0 Å². The summed E-state index contributed by atoms with van der Waals surface area (Å²) < 4.78 is 0. The number of likely N-dealkylation sites (N-methyl/N-ethyl adjacent to an activating group) is 1. The Morgan fingerprint density at radius 1 is 1.05 bits per heavy atom. The van der Waals surface area contributed by atoms with Crippen LogP contribution in [0.4, 0.5) is 0 Å². The molecule has 2 nitrogen and oxygen atoms in total. The van der Waals surface area contributed by atoms with Crippen molar-refractivity contribution in [1.29, 1.82) is 0 Å². The van der Waals surface area contributed by atoms with Crippen LogP contribution in [-0.2, 0) is 0 Å². The van der Waals surface area contributed by atoms with E-state index in [4.69, 9.17) is 0 Å². The van der Waals surface area contributed by atoms with Crippen LogP contribution in [0, 0.1) is 23.2 Å². The van der Waals surface area contributed by atoms with Gasteiger partial charge in [0.05, 0.1) is 0 Å². The van der Waals surface area contributed by atoms with Gasteiger partial charge in [-0.05, 0) is 88.5 Å². The Kier molecular flexibility index (Phi) is 3.38. The second-order valence-corrected chi connectivity index (χ2v) is 8.67. The first kappa shape index (κ1) is 13.6. The number of rotatable bonds is 6. The molecule has 0 aromatic heterocycles. The predicted octanol–water partition coefficient (Wildman–Crippen LogP) is 3.28. The van der Waals surface area contributed by atoms with Crippen LogP contribution in [0.5, 0.6) is 0 Å². The maximum Gasteiger partial charge on any atom is 0.0107 e. The Labute approximate surface area is 124 Å². The van der Waals surface area contributed by atoms with Crippen molar-refractivity contribution in [2.45, 2.75) is 70.4 Å². The van der Waals surface area contributed by atoms with Crippen LogP contribution in [0.25, 0.3) is 0 Å². The molecule has 5 rings (SSSR count). The first-order valence-electron chi connectivity index (χ1n) is 9.08. The zero-order valence-electron chi connectivity index (χ0n) is 13.4. The predicted molar refractivity (Wildman–Crippen MR) is 83.7 cm³/mol. The van der Waals surface area contributed by atoms with Crippen molar-refractivity contribution in [2.75, 3.05) is 20.1 Å². The Morgan fingerprint density at radius 3 is 2.10 bits per heavy atom. The van der Waals surface area contributed by atoms with Crippen LogP contribution in [0.3, 0.4) is 0 Å². The van der Waals surface area contributed by atoms with Crippen LogP contribution in [-0.4, -0.2) is 37.1 Å². The van der Waals surface area contributed by atoms with Crippen molar-refractivity contribution in [3.8, 4) is 0 Å². The average molecular weight is 276 g/mol. The Hall–Kier alpha value is -0.0800. The molecule has 5 aliphatic carbocycles. The van der Waals surface area contributed by atoms with Gasteiger partial charge in [0.15, 0.2) is 0 Å². The van der Waals surface area contributed by atoms with E-state index in [1.54, 1.807) is 19.3 Å². The van der Waals surface area contributed by atoms with Crippen molar-refractivity contribution < 1.29 is 0 Å². The van der Waals surface area contributed by atoms with E-state index in [0.717, 1.165) is 29.8 Å². The van der Waals surface area contributed by atoms with E-state index in [1.807, 2.05) is 0 Å². The second-order valence-electron chi connectivity index (χ2n) is 8.67. The van der Waals surface area contributed by atoms with Crippen LogP contribution in [0.2, 0.25) is 0 Å². The molecule has 1 atom stereocenters. The summed E-state index contributed by atoms with van der Waals surface area (Å²) >= 11 is 0. The molecule has 5 aliphatic rings. The van der Waals surface area contributed by atoms with Crippen LogP contribution in [0.15, 0.2) is 0 Å². The van der Waals surface area contributed by atoms with Crippen LogP contribution < -0.4 is 5.32 Å². The highest BCUT2D eigenvalue weighted by atomic mass is 15.2. The van der Waals surface area contributed by atoms with Gasteiger partial charge in [-0.1, -0.05) is 0 Å². The highest BCUT2D eigenvalue weighted by Gasteiger charge is 2.52. The van der Waals surface area contributed by atoms with Crippen molar-refractivity contribution in [3.05, 3.63) is 0 Å². The fourth-order valence-corrected chi connectivity index (χ4v) is 6.08. The van der Waals surface area contributed by atoms with Gasteiger partial charge in [-0.3, -0.25) is 0 Å². The van der Waals surface area contributed by atoms with Gasteiger partial charge in [-0.15, -0.1) is 0 Å². The molecule has 5 fully saturated rings. The maximum absolute atomic E-state index is 3.91. The third-order valence-corrected chi connectivity index (χ3v) is 7.09. The highest BCUT2D eigenvalue weighted by Crippen LogP contribution is 2.61. The molecule has 0 aliphatic heterocycles. The third kappa shape index (κ3) is 2.43. The molecule has 0 saturated heterocycles. The first-order valence-corrected chi connectivity index (χ1v) is 9.08. The van der Waals surface area contributed by atoms with E-state index in [1.165, 1.54) is 45.2 Å². The SMILES string of the molecule is CC(NCCN(C)C1CC1)C12CC3CC(CC(C3)C1)C2. The van der Waals surface area contributed by atoms with Crippen molar-refractivity contribution in [1.82, 2.24) is 10.2 Å². The van der Waals surface area contributed by atoms with E-state index in [9.17, 15) is 0 Å². The molecule has 0 aromatic rings. The van der Waals surface area contributed by atoms with Gasteiger partial charge in [-0.25, -0.2) is 0 Å². The standard InChI is InChI=1S/C18H32N2/c1-13(19-5-6-20(2)17-3-4-17)18-10-14-7-15(11-18)9-16(8-14)12-18/h13-17,19H,3-12H2,1-2H3. The summed E-state index contributed by atoms with van der Waals surface area (Å²) in [6.45, 7) is 4.92. The minimum Gasteiger partial charge on any atom is -0.312 e. The Bertz CT molecular complexity index is 325. The molecule has 4 bridgehead atoms. The van der Waals surface area contributed by atoms with Gasteiger partial charge in [0.25, 0.3) is 0 Å². The zero-order valence-corrected chi connectivity index (χ0v) is 13.4. The topological polar surface area (TPSA) is 15.3 Å². The third-order valence-electron chi connectivity index (χ3n) is 7.09. The molecule has 1 N–H and O–H groups in total. The maximum atomic E-state index is 3.91. The quantitative estimate of drug-likeness (QED) is 0.801. The van der Waals surface area contributed by atoms with Crippen molar-refractivity contribution >= 4 is 0 Å². The first-order chi connectivity index (χ1) is 9.64. The van der Waals surface area contributed by atoms with Gasteiger partial charge in [0.2, 0.25) is 0 Å². The normalized spacial score (nSPS) is 44.2. The molecule has 5 saturated carbocycles. The van der Waals surface area contributed by atoms with Crippen molar-refractivity contribution in [3.63, 3.8) is 0 Å². The van der Waals surface area contributed by atoms with E-state index in [-0.39, 0.29) is 0 Å². The average Bonchev–Trinajstić information content (AvgIpc) is 3.21. The monoisotopic (exact) mass is 276 g/mol. The fraction of sp³-hybridized carbons (Fsp3) is 1.00. The summed E-state index contributed by atoms with van der Waals surface area (Å²) in [5.41, 5.74) is 0.674. The Morgan fingerprint density at radius 2 is 1.60 bits per heavy atom. The molecule has 20 heavy (non-hydrogen) atoms. The van der Waals surface area contributed by atoms with Gasteiger partial charge < -0.3 is 10.2 Å². The van der Waals surface area contributed by atoms with Crippen molar-refractivity contribution in [2.24, 2.45) is 23.2 Å². The molecular formula is C18H32N2. The Balaban J connectivity index is 1.32. The molecule has 0 spiro atoms. The van der Waals surface area contributed by atoms with E-state index < -0.39 is 0 Å². The van der Waals surface area contributed by atoms with E-state index >= 15 is 0 Å². The van der Waals surface area contributed by atoms with E-state index in [0.29, 0.717) is 5.41 Å². The van der Waals surface area contributed by atoms with Gasteiger partial charge in [0, 0.05) is 25.2 Å². The number of nitrogens with zero attached hydrogens (tertiary/aromatic N) is 1. The minimum atomic E-state index is 0.674. The lowest BCUT2D eigenvalue weighted by Gasteiger charge is -2.59. The molecule has 0 amide bonds. The summed E-state index contributed by atoms with van der Waals surface area (Å²) in [6, 6.07) is 1.65. The minimum absolute atomic E-state index is 0.674. The lowest BCUT2D eigenvalue weighted by molar-refractivity contribution is -0.0704. The summed E-state index contributed by atoms with van der Waals surface area (Å²) in [7, 11) is 2.30. The van der Waals surface area contributed by atoms with Gasteiger partial charge in [0.1, 0.15) is 0 Å². The number of hydrogen-bond donors (Lipinski definition) is 1. The van der Waals surface area contributed by atoms with Crippen LogP contribution in [0.1, 0.15) is 58.3 Å². The molecule has 114 valence electrons. The van der Waals surface area contributed by atoms with Crippen LogP contribution >= 0.6 is 0 Å². The summed E-state index contributed by atoms with van der Waals surface area (Å²) in [5, 5.41) is 3.91. The number of hydrogen-bond acceptors (Lipinski definition) is 2. The lowest BCUT2D eigenvalue weighted by Crippen LogP contribution is -2.55. The molecule has 0 heterocycles. The summed E-state index contributed by atoms with van der Waals surface area (Å²) in [4.78, 5) is 2.55. The smallest absolute Gasteiger partial charge is 0.0107 e. The second kappa shape index (κ2) is 4.98. The zero-order chi connectivity index (χ0) is 13.7. The molecule has 0 radical (unpaired) electrons. The highest BCUT2D eigenvalue weighted by molar-refractivity contribution is 5.05. The molecule has 0 aromatic carbocycles. The largest absolute Gasteiger partial charge is 0.312 e. The number of nitrogens with one attached hydrogen (secondary N) is 1.